The Kier molecular flexibility index (Phi) is 5.73. The standard InChI is InChI=1S/C16H13BrCl2N6O3/c1-7-13(20-16(26)14-12(17)15(22-21-14)25(27)28)8(2)24(23-7)6-9-3-4-10(18)5-11(9)19/h3-5H,6H2,1-2H3,(H,20,26)(H,21,22). The summed E-state index contributed by atoms with van der Waals surface area (Å²) in [5, 5.41) is 25.0. The van der Waals surface area contributed by atoms with Gasteiger partial charge in [0.2, 0.25) is 0 Å². The lowest BCUT2D eigenvalue weighted by Gasteiger charge is -2.08. The van der Waals surface area contributed by atoms with E-state index in [0.717, 1.165) is 5.56 Å². The second kappa shape index (κ2) is 7.90. The van der Waals surface area contributed by atoms with E-state index >= 15 is 0 Å². The Morgan fingerprint density at radius 3 is 2.71 bits per heavy atom. The Morgan fingerprint density at radius 2 is 2.11 bits per heavy atom. The van der Waals surface area contributed by atoms with Crippen molar-refractivity contribution < 1.29 is 9.72 Å². The number of H-pyrrole nitrogens is 1. The second-order valence-corrected chi connectivity index (χ2v) is 7.52. The lowest BCUT2D eigenvalue weighted by molar-refractivity contribution is -0.390. The molecule has 0 atom stereocenters. The number of amides is 1. The molecule has 1 amide bonds. The van der Waals surface area contributed by atoms with Crippen LogP contribution in [0, 0.1) is 24.0 Å². The monoisotopic (exact) mass is 486 g/mol. The van der Waals surface area contributed by atoms with Crippen LogP contribution in [0.4, 0.5) is 11.5 Å². The topological polar surface area (TPSA) is 119 Å². The van der Waals surface area contributed by atoms with E-state index in [1.54, 1.807) is 36.7 Å². The Hall–Kier alpha value is -2.43. The number of aromatic nitrogens is 4. The molecule has 3 aromatic rings. The van der Waals surface area contributed by atoms with Crippen LogP contribution in [0.3, 0.4) is 0 Å². The lowest BCUT2D eigenvalue weighted by atomic mass is 10.2. The number of hydrogen-bond donors (Lipinski definition) is 2. The number of rotatable bonds is 5. The SMILES string of the molecule is Cc1nn(Cc2ccc(Cl)cc2Cl)c(C)c1NC(=O)c1n[nH]c([N+](=O)[O-])c1Br. The highest BCUT2D eigenvalue weighted by molar-refractivity contribution is 9.10. The second-order valence-electron chi connectivity index (χ2n) is 5.89. The van der Waals surface area contributed by atoms with Crippen molar-refractivity contribution in [1.29, 1.82) is 0 Å². The summed E-state index contributed by atoms with van der Waals surface area (Å²) in [6, 6.07) is 5.19. The number of carbonyl (C=O) groups excluding carboxylic acids is 1. The molecule has 0 radical (unpaired) electrons. The fraction of sp³-hybridized carbons (Fsp3) is 0.188. The summed E-state index contributed by atoms with van der Waals surface area (Å²) in [6.07, 6.45) is 0. The van der Waals surface area contributed by atoms with Crippen molar-refractivity contribution in [2.45, 2.75) is 20.4 Å². The van der Waals surface area contributed by atoms with Gasteiger partial charge in [0.05, 0.1) is 23.6 Å². The van der Waals surface area contributed by atoms with E-state index in [4.69, 9.17) is 23.2 Å². The van der Waals surface area contributed by atoms with Gasteiger partial charge < -0.3 is 15.4 Å². The first-order valence-corrected chi connectivity index (χ1v) is 9.41. The zero-order valence-electron chi connectivity index (χ0n) is 14.6. The van der Waals surface area contributed by atoms with Crippen molar-refractivity contribution in [3.05, 3.63) is 65.5 Å². The summed E-state index contributed by atoms with van der Waals surface area (Å²) in [7, 11) is 0. The van der Waals surface area contributed by atoms with E-state index in [-0.39, 0.29) is 10.2 Å². The molecule has 3 rings (SSSR count). The first kappa shape index (κ1) is 20.3. The van der Waals surface area contributed by atoms with Gasteiger partial charge in [-0.15, -0.1) is 5.10 Å². The van der Waals surface area contributed by atoms with Gasteiger partial charge >= 0.3 is 5.82 Å². The highest BCUT2D eigenvalue weighted by atomic mass is 79.9. The molecule has 1 aromatic carbocycles. The van der Waals surface area contributed by atoms with Gasteiger partial charge in [0, 0.05) is 10.0 Å². The van der Waals surface area contributed by atoms with Crippen LogP contribution in [0.1, 0.15) is 27.4 Å². The molecule has 0 aliphatic heterocycles. The quantitative estimate of drug-likeness (QED) is 0.405. The third kappa shape index (κ3) is 3.89. The van der Waals surface area contributed by atoms with Gasteiger partial charge in [-0.05, 0) is 52.4 Å². The summed E-state index contributed by atoms with van der Waals surface area (Å²) in [6.45, 7) is 3.92. The van der Waals surface area contributed by atoms with Crippen molar-refractivity contribution in [2.24, 2.45) is 0 Å². The fourth-order valence-corrected chi connectivity index (χ4v) is 3.58. The highest BCUT2D eigenvalue weighted by Gasteiger charge is 2.26. The van der Waals surface area contributed by atoms with Gasteiger partial charge in [0.25, 0.3) is 5.91 Å². The van der Waals surface area contributed by atoms with E-state index in [1.165, 1.54) is 0 Å². The average Bonchev–Trinajstić information content (AvgIpc) is 3.12. The number of aromatic amines is 1. The maximum Gasteiger partial charge on any atom is 0.357 e. The normalized spacial score (nSPS) is 10.9. The molecule has 9 nitrogen and oxygen atoms in total. The van der Waals surface area contributed by atoms with Crippen LogP contribution < -0.4 is 5.32 Å². The van der Waals surface area contributed by atoms with E-state index in [2.05, 4.69) is 36.5 Å². The van der Waals surface area contributed by atoms with E-state index < -0.39 is 16.6 Å². The van der Waals surface area contributed by atoms with Crippen LogP contribution in [0.2, 0.25) is 10.0 Å². The summed E-state index contributed by atoms with van der Waals surface area (Å²) in [5.41, 5.74) is 2.46. The number of carbonyl (C=O) groups is 1. The van der Waals surface area contributed by atoms with Crippen LogP contribution in [0.25, 0.3) is 0 Å². The van der Waals surface area contributed by atoms with Gasteiger partial charge in [0.15, 0.2) is 5.69 Å². The minimum absolute atomic E-state index is 0.0226. The number of hydrogen-bond acceptors (Lipinski definition) is 5. The molecule has 0 unspecified atom stereocenters. The first-order valence-electron chi connectivity index (χ1n) is 7.86. The molecule has 12 heteroatoms. The Bertz CT molecular complexity index is 1090. The molecular formula is C16H13BrCl2N6O3. The van der Waals surface area contributed by atoms with Crippen LogP contribution >= 0.6 is 39.1 Å². The number of nitro groups is 1. The van der Waals surface area contributed by atoms with Crippen molar-refractivity contribution in [3.63, 3.8) is 0 Å². The molecule has 0 aliphatic rings. The molecule has 0 spiro atoms. The van der Waals surface area contributed by atoms with E-state index in [9.17, 15) is 14.9 Å². The maximum atomic E-state index is 12.5. The third-order valence-electron chi connectivity index (χ3n) is 4.04. The van der Waals surface area contributed by atoms with Crippen molar-refractivity contribution >= 4 is 56.5 Å². The van der Waals surface area contributed by atoms with E-state index in [0.29, 0.717) is 33.7 Å². The molecular weight excluding hydrogens is 475 g/mol. The molecule has 2 N–H and O–H groups in total. The van der Waals surface area contributed by atoms with E-state index in [1.807, 2.05) is 0 Å². The fourth-order valence-electron chi connectivity index (χ4n) is 2.61. The maximum absolute atomic E-state index is 12.5. The minimum Gasteiger partial charge on any atom is -0.358 e. The van der Waals surface area contributed by atoms with Crippen molar-refractivity contribution in [2.75, 3.05) is 5.32 Å². The molecule has 2 aromatic heterocycles. The number of aryl methyl sites for hydroxylation is 1. The zero-order valence-corrected chi connectivity index (χ0v) is 17.7. The average molecular weight is 488 g/mol. The molecule has 0 saturated carbocycles. The van der Waals surface area contributed by atoms with Crippen molar-refractivity contribution in [3.8, 4) is 0 Å². The predicted molar refractivity (Wildman–Crippen MR) is 108 cm³/mol. The van der Waals surface area contributed by atoms with Crippen LogP contribution in [-0.2, 0) is 6.54 Å². The van der Waals surface area contributed by atoms with Gasteiger partial charge in [-0.2, -0.15) is 5.10 Å². The number of anilines is 1. The molecule has 2 heterocycles. The largest absolute Gasteiger partial charge is 0.358 e. The third-order valence-corrected chi connectivity index (χ3v) is 5.38. The highest BCUT2D eigenvalue weighted by Crippen LogP contribution is 2.28. The molecule has 0 bridgehead atoms. The Morgan fingerprint density at radius 1 is 1.39 bits per heavy atom. The van der Waals surface area contributed by atoms with Crippen molar-refractivity contribution in [1.82, 2.24) is 20.0 Å². The number of nitrogens with one attached hydrogen (secondary N) is 2. The number of benzene rings is 1. The lowest BCUT2D eigenvalue weighted by Crippen LogP contribution is -2.14. The van der Waals surface area contributed by atoms with Crippen LogP contribution in [-0.4, -0.2) is 30.8 Å². The van der Waals surface area contributed by atoms with Crippen LogP contribution in [0.15, 0.2) is 22.7 Å². The summed E-state index contributed by atoms with van der Waals surface area (Å²) in [4.78, 5) is 22.7. The smallest absolute Gasteiger partial charge is 0.357 e. The first-order chi connectivity index (χ1) is 13.2. The molecule has 0 saturated heterocycles. The van der Waals surface area contributed by atoms with Gasteiger partial charge in [-0.1, -0.05) is 34.4 Å². The molecule has 28 heavy (non-hydrogen) atoms. The summed E-state index contributed by atoms with van der Waals surface area (Å²) in [5.74, 6) is -1.00. The summed E-state index contributed by atoms with van der Waals surface area (Å²) >= 11 is 15.2. The summed E-state index contributed by atoms with van der Waals surface area (Å²) < 4.78 is 1.67. The molecule has 146 valence electrons. The molecule has 0 aliphatic carbocycles. The number of nitrogens with zero attached hydrogens (tertiary/aromatic N) is 4. The molecule has 0 fully saturated rings. The Balaban J connectivity index is 1.86. The predicted octanol–water partition coefficient (Wildman–Crippen LogP) is 4.50. The van der Waals surface area contributed by atoms with Gasteiger partial charge in [0.1, 0.15) is 4.47 Å². The zero-order chi connectivity index (χ0) is 20.6. The van der Waals surface area contributed by atoms with Gasteiger partial charge in [-0.3, -0.25) is 9.48 Å². The van der Waals surface area contributed by atoms with Crippen LogP contribution in [0.5, 0.6) is 0 Å². The number of halogens is 3. The Labute approximate surface area is 177 Å². The van der Waals surface area contributed by atoms with Gasteiger partial charge in [-0.25, -0.2) is 0 Å². The minimum atomic E-state index is -0.668.